The lowest BCUT2D eigenvalue weighted by atomic mass is 10.1. The van der Waals surface area contributed by atoms with Gasteiger partial charge in [-0.3, -0.25) is 4.79 Å². The van der Waals surface area contributed by atoms with Gasteiger partial charge in [0.2, 0.25) is 5.78 Å². The lowest BCUT2D eigenvalue weighted by Gasteiger charge is -2.09. The second kappa shape index (κ2) is 7.44. The number of ether oxygens (including phenoxy) is 2. The van der Waals surface area contributed by atoms with Crippen molar-refractivity contribution >= 4 is 23.5 Å². The van der Waals surface area contributed by atoms with Gasteiger partial charge >= 0.3 is 0 Å². The van der Waals surface area contributed by atoms with Crippen molar-refractivity contribution < 1.29 is 23.0 Å². The van der Waals surface area contributed by atoms with Crippen molar-refractivity contribution in [3.8, 4) is 11.5 Å². The normalized spacial score (nSPS) is 14.1. The summed E-state index contributed by atoms with van der Waals surface area (Å²) in [6.07, 6.45) is 1.54. The molecule has 0 saturated heterocycles. The summed E-state index contributed by atoms with van der Waals surface area (Å²) in [5, 5.41) is 0.275. The number of Topliss-reactive ketones (excluding diaryl/α,β-unsaturated/α-hetero) is 1. The first-order chi connectivity index (χ1) is 13.5. The number of allylic oxidation sites excluding steroid dienone is 1. The third kappa shape index (κ3) is 3.62. The molecule has 0 aliphatic carbocycles. The quantitative estimate of drug-likeness (QED) is 0.520. The van der Waals surface area contributed by atoms with Crippen LogP contribution in [0.4, 0.5) is 8.78 Å². The summed E-state index contributed by atoms with van der Waals surface area (Å²) in [7, 11) is 0. The van der Waals surface area contributed by atoms with E-state index < -0.39 is 5.82 Å². The Morgan fingerprint density at radius 3 is 2.57 bits per heavy atom. The van der Waals surface area contributed by atoms with E-state index in [-0.39, 0.29) is 34.6 Å². The number of benzene rings is 3. The van der Waals surface area contributed by atoms with Crippen molar-refractivity contribution in [2.24, 2.45) is 0 Å². The SMILES string of the molecule is O=C1/C(=C/c2ccc(F)cc2)Oc2cc(OCc3c(F)cccc3Cl)ccc21. The van der Waals surface area contributed by atoms with Crippen LogP contribution in [0.2, 0.25) is 5.02 Å². The molecule has 3 nitrogen and oxygen atoms in total. The average Bonchev–Trinajstić information content (AvgIpc) is 2.98. The molecule has 0 unspecified atom stereocenters. The fraction of sp³-hybridized carbons (Fsp3) is 0.0455. The highest BCUT2D eigenvalue weighted by Gasteiger charge is 2.27. The number of hydrogen-bond acceptors (Lipinski definition) is 3. The van der Waals surface area contributed by atoms with Crippen molar-refractivity contribution in [1.82, 2.24) is 0 Å². The van der Waals surface area contributed by atoms with Gasteiger partial charge in [0.25, 0.3) is 0 Å². The van der Waals surface area contributed by atoms with E-state index in [2.05, 4.69) is 0 Å². The molecular formula is C22H13ClF2O3. The van der Waals surface area contributed by atoms with Crippen LogP contribution in [0, 0.1) is 11.6 Å². The van der Waals surface area contributed by atoms with Crippen LogP contribution in [0.5, 0.6) is 11.5 Å². The Balaban J connectivity index is 1.53. The second-order valence-electron chi connectivity index (χ2n) is 6.14. The molecule has 3 aromatic carbocycles. The van der Waals surface area contributed by atoms with Gasteiger partial charge in [0.15, 0.2) is 5.76 Å². The minimum Gasteiger partial charge on any atom is -0.489 e. The lowest BCUT2D eigenvalue weighted by molar-refractivity contribution is 0.101. The average molecular weight is 399 g/mol. The number of ketones is 1. The van der Waals surface area contributed by atoms with Crippen LogP contribution in [0.1, 0.15) is 21.5 Å². The van der Waals surface area contributed by atoms with Gasteiger partial charge in [-0.25, -0.2) is 8.78 Å². The van der Waals surface area contributed by atoms with Crippen LogP contribution in [0.15, 0.2) is 66.4 Å². The molecule has 4 rings (SSSR count). The molecule has 1 aliphatic rings. The molecule has 0 radical (unpaired) electrons. The van der Waals surface area contributed by atoms with E-state index in [9.17, 15) is 13.6 Å². The fourth-order valence-corrected chi connectivity index (χ4v) is 3.01. The van der Waals surface area contributed by atoms with Crippen LogP contribution < -0.4 is 9.47 Å². The molecule has 6 heteroatoms. The van der Waals surface area contributed by atoms with Gasteiger partial charge in [0, 0.05) is 11.6 Å². The molecule has 0 amide bonds. The summed E-state index contributed by atoms with van der Waals surface area (Å²) in [4.78, 5) is 12.5. The van der Waals surface area contributed by atoms with E-state index in [4.69, 9.17) is 21.1 Å². The predicted molar refractivity (Wildman–Crippen MR) is 102 cm³/mol. The van der Waals surface area contributed by atoms with Gasteiger partial charge in [0.05, 0.1) is 10.6 Å². The summed E-state index contributed by atoms with van der Waals surface area (Å²) in [5.74, 6) is -0.200. The van der Waals surface area contributed by atoms with Crippen LogP contribution >= 0.6 is 11.6 Å². The lowest BCUT2D eigenvalue weighted by Crippen LogP contribution is -1.99. The monoisotopic (exact) mass is 398 g/mol. The van der Waals surface area contributed by atoms with Crippen molar-refractivity contribution in [1.29, 1.82) is 0 Å². The molecule has 0 spiro atoms. The highest BCUT2D eigenvalue weighted by molar-refractivity contribution is 6.31. The summed E-state index contributed by atoms with van der Waals surface area (Å²) >= 11 is 5.99. The first-order valence-corrected chi connectivity index (χ1v) is 8.78. The molecule has 0 fully saturated rings. The summed E-state index contributed by atoms with van der Waals surface area (Å²) in [5.41, 5.74) is 1.28. The Hall–Kier alpha value is -3.18. The maximum Gasteiger partial charge on any atom is 0.231 e. The molecule has 0 saturated carbocycles. The molecule has 140 valence electrons. The molecule has 0 atom stereocenters. The van der Waals surface area contributed by atoms with Crippen LogP contribution in [-0.4, -0.2) is 5.78 Å². The molecule has 0 aromatic heterocycles. The van der Waals surface area contributed by atoms with E-state index in [1.807, 2.05) is 0 Å². The molecule has 0 N–H and O–H groups in total. The molecule has 28 heavy (non-hydrogen) atoms. The van der Waals surface area contributed by atoms with Crippen LogP contribution in [0.3, 0.4) is 0 Å². The second-order valence-corrected chi connectivity index (χ2v) is 6.55. The molecule has 3 aromatic rings. The minimum absolute atomic E-state index is 0.0590. The summed E-state index contributed by atoms with van der Waals surface area (Å²) in [6, 6.07) is 14.9. The van der Waals surface area contributed by atoms with E-state index in [1.54, 1.807) is 42.5 Å². The molecule has 0 bridgehead atoms. The number of fused-ring (bicyclic) bond motifs is 1. The fourth-order valence-electron chi connectivity index (χ4n) is 2.79. The van der Waals surface area contributed by atoms with Gasteiger partial charge in [-0.2, -0.15) is 0 Å². The zero-order valence-corrected chi connectivity index (χ0v) is 15.2. The number of carbonyl (C=O) groups is 1. The standard InChI is InChI=1S/C22H13ClF2O3/c23-18-2-1-3-19(25)17(18)12-27-15-8-9-16-20(11-15)28-21(22(16)26)10-13-4-6-14(24)7-5-13/h1-11H,12H2/b21-10-. The molecule has 1 heterocycles. The van der Waals surface area contributed by atoms with Crippen molar-refractivity contribution in [2.75, 3.05) is 0 Å². The summed E-state index contributed by atoms with van der Waals surface area (Å²) in [6.45, 7) is -0.0590. The first kappa shape index (κ1) is 18.2. The van der Waals surface area contributed by atoms with Gasteiger partial charge in [-0.1, -0.05) is 29.8 Å². The number of halogens is 3. The van der Waals surface area contributed by atoms with Gasteiger partial charge < -0.3 is 9.47 Å². The smallest absolute Gasteiger partial charge is 0.231 e. The third-order valence-corrected chi connectivity index (χ3v) is 4.61. The van der Waals surface area contributed by atoms with Crippen molar-refractivity contribution in [3.05, 3.63) is 99.8 Å². The van der Waals surface area contributed by atoms with E-state index in [0.29, 0.717) is 22.6 Å². The largest absolute Gasteiger partial charge is 0.489 e. The van der Waals surface area contributed by atoms with E-state index >= 15 is 0 Å². The molecule has 1 aliphatic heterocycles. The Bertz CT molecular complexity index is 1070. The Morgan fingerprint density at radius 1 is 1.04 bits per heavy atom. The topological polar surface area (TPSA) is 35.5 Å². The van der Waals surface area contributed by atoms with Crippen LogP contribution in [-0.2, 0) is 6.61 Å². The number of carbonyl (C=O) groups excluding carboxylic acids is 1. The van der Waals surface area contributed by atoms with Gasteiger partial charge in [-0.05, 0) is 48.0 Å². The van der Waals surface area contributed by atoms with Crippen molar-refractivity contribution in [3.63, 3.8) is 0 Å². The minimum atomic E-state index is -0.454. The number of rotatable bonds is 4. The van der Waals surface area contributed by atoms with E-state index in [1.165, 1.54) is 24.3 Å². The Labute approximate surface area is 164 Å². The zero-order chi connectivity index (χ0) is 19.7. The highest BCUT2D eigenvalue weighted by atomic mass is 35.5. The highest BCUT2D eigenvalue weighted by Crippen LogP contribution is 2.35. The maximum absolute atomic E-state index is 13.8. The molecular weight excluding hydrogens is 386 g/mol. The summed E-state index contributed by atoms with van der Waals surface area (Å²) < 4.78 is 38.1. The zero-order valence-electron chi connectivity index (χ0n) is 14.4. The van der Waals surface area contributed by atoms with Crippen molar-refractivity contribution in [2.45, 2.75) is 6.61 Å². The Morgan fingerprint density at radius 2 is 1.82 bits per heavy atom. The Kier molecular flexibility index (Phi) is 4.84. The van der Waals surface area contributed by atoms with E-state index in [0.717, 1.165) is 0 Å². The van der Waals surface area contributed by atoms with Crippen LogP contribution in [0.25, 0.3) is 6.08 Å². The predicted octanol–water partition coefficient (Wildman–Crippen LogP) is 5.81. The first-order valence-electron chi connectivity index (χ1n) is 8.41. The maximum atomic E-state index is 13.8. The number of hydrogen-bond donors (Lipinski definition) is 0. The third-order valence-electron chi connectivity index (χ3n) is 4.25. The van der Waals surface area contributed by atoms with Gasteiger partial charge in [-0.15, -0.1) is 0 Å². The van der Waals surface area contributed by atoms with Gasteiger partial charge in [0.1, 0.15) is 29.7 Å².